The molecule has 1 spiro atoms. The Hall–Kier alpha value is -3.59. The number of imide groups is 1. The van der Waals surface area contributed by atoms with Gasteiger partial charge in [0.15, 0.2) is 5.75 Å². The van der Waals surface area contributed by atoms with Crippen molar-refractivity contribution in [2.75, 3.05) is 4.90 Å². The maximum Gasteiger partial charge on any atom is 0.261 e. The molecule has 5 N–H and O–H groups in total. The van der Waals surface area contributed by atoms with Crippen LogP contribution in [0.2, 0.25) is 5.02 Å². The average molecular weight is 467 g/mol. The molecule has 2 aromatic carbocycles. The highest BCUT2D eigenvalue weighted by molar-refractivity contribution is 6.32. The second-order valence-electron chi connectivity index (χ2n) is 8.51. The molecule has 0 unspecified atom stereocenters. The standard InChI is InChI=1S/C23H23ClN6O3/c24-16-10-13(12-29-19(32)14-6-2-3-7-15(14)20(29)33)11-17(18(16)31)30-22(26)27-21(25)28-23(30)8-4-1-5-9-23/h2-3,6-7,10-11,31H,1,4-5,8-9,12H2,(H4,25,26,27,28). The zero-order valence-corrected chi connectivity index (χ0v) is 18.5. The molecule has 1 saturated carbocycles. The van der Waals surface area contributed by atoms with E-state index < -0.39 is 5.66 Å². The molecular weight excluding hydrogens is 444 g/mol. The number of aromatic hydroxyl groups is 1. The zero-order chi connectivity index (χ0) is 23.3. The summed E-state index contributed by atoms with van der Waals surface area (Å²) in [5, 5.41) is 10.9. The van der Waals surface area contributed by atoms with Gasteiger partial charge in [-0.1, -0.05) is 30.2 Å². The SMILES string of the molecule is NC1=NC2(CCCCC2)N(c2cc(CN3C(=O)c4ccccc4C3=O)cc(Cl)c2O)C(N)=N1. The smallest absolute Gasteiger partial charge is 0.261 e. The number of hydrogen-bond donors (Lipinski definition) is 3. The van der Waals surface area contributed by atoms with Gasteiger partial charge in [-0.3, -0.25) is 19.4 Å². The number of rotatable bonds is 3. The number of amides is 2. The van der Waals surface area contributed by atoms with Crippen LogP contribution in [0, 0.1) is 0 Å². The largest absolute Gasteiger partial charge is 0.504 e. The van der Waals surface area contributed by atoms with Crippen LogP contribution in [0.5, 0.6) is 5.75 Å². The van der Waals surface area contributed by atoms with Crippen molar-refractivity contribution < 1.29 is 14.7 Å². The van der Waals surface area contributed by atoms with Crippen molar-refractivity contribution in [2.24, 2.45) is 21.5 Å². The number of nitrogens with zero attached hydrogens (tertiary/aromatic N) is 4. The summed E-state index contributed by atoms with van der Waals surface area (Å²) < 4.78 is 0. The molecule has 0 atom stereocenters. The number of phenols is 1. The molecule has 9 nitrogen and oxygen atoms in total. The van der Waals surface area contributed by atoms with Gasteiger partial charge in [-0.2, -0.15) is 4.99 Å². The molecule has 10 heteroatoms. The van der Waals surface area contributed by atoms with Gasteiger partial charge in [-0.15, -0.1) is 0 Å². The van der Waals surface area contributed by atoms with Crippen LogP contribution in [0.15, 0.2) is 46.4 Å². The fraction of sp³-hybridized carbons (Fsp3) is 0.304. The summed E-state index contributed by atoms with van der Waals surface area (Å²) in [6.45, 7) is -0.0113. The molecule has 2 heterocycles. The van der Waals surface area contributed by atoms with Crippen molar-refractivity contribution in [3.05, 3.63) is 58.1 Å². The first kappa shape index (κ1) is 21.3. The topological polar surface area (TPSA) is 138 Å². The molecule has 2 aliphatic heterocycles. The summed E-state index contributed by atoms with van der Waals surface area (Å²) in [5.74, 6) is -0.725. The number of guanidine groups is 2. The van der Waals surface area contributed by atoms with E-state index in [0.717, 1.165) is 24.2 Å². The van der Waals surface area contributed by atoms with E-state index in [1.165, 1.54) is 6.07 Å². The van der Waals surface area contributed by atoms with Gasteiger partial charge in [-0.25, -0.2) is 4.99 Å². The lowest BCUT2D eigenvalue weighted by atomic mass is 9.87. The van der Waals surface area contributed by atoms with Crippen molar-refractivity contribution in [2.45, 2.75) is 44.3 Å². The minimum atomic E-state index is -0.775. The monoisotopic (exact) mass is 466 g/mol. The number of phenolic OH excluding ortho intramolecular Hbond substituents is 1. The van der Waals surface area contributed by atoms with Gasteiger partial charge in [0.05, 0.1) is 28.4 Å². The molecule has 0 aromatic heterocycles. The number of nitrogens with two attached hydrogens (primary N) is 2. The van der Waals surface area contributed by atoms with E-state index in [1.807, 2.05) is 0 Å². The van der Waals surface area contributed by atoms with Gasteiger partial charge < -0.3 is 16.6 Å². The highest BCUT2D eigenvalue weighted by Crippen LogP contribution is 2.45. The van der Waals surface area contributed by atoms with Crippen molar-refractivity contribution in [1.82, 2.24) is 4.90 Å². The van der Waals surface area contributed by atoms with Crippen LogP contribution >= 0.6 is 11.6 Å². The van der Waals surface area contributed by atoms with Gasteiger partial charge in [0.2, 0.25) is 11.9 Å². The lowest BCUT2D eigenvalue weighted by Gasteiger charge is -2.45. The normalized spacial score (nSPS) is 19.5. The first-order valence-electron chi connectivity index (χ1n) is 10.8. The molecule has 0 saturated heterocycles. The summed E-state index contributed by atoms with van der Waals surface area (Å²) >= 11 is 6.38. The first-order chi connectivity index (χ1) is 15.8. The summed E-state index contributed by atoms with van der Waals surface area (Å²) in [6.07, 6.45) is 4.27. The molecule has 5 rings (SSSR count). The Labute approximate surface area is 195 Å². The van der Waals surface area contributed by atoms with Gasteiger partial charge in [0, 0.05) is 0 Å². The first-order valence-corrected chi connectivity index (χ1v) is 11.1. The fourth-order valence-electron chi connectivity index (χ4n) is 4.94. The van der Waals surface area contributed by atoms with Gasteiger partial charge >= 0.3 is 0 Å². The lowest BCUT2D eigenvalue weighted by Crippen LogP contribution is -2.58. The van der Waals surface area contributed by atoms with Crippen LogP contribution in [-0.4, -0.2) is 39.4 Å². The van der Waals surface area contributed by atoms with Crippen LogP contribution in [0.4, 0.5) is 5.69 Å². The summed E-state index contributed by atoms with van der Waals surface area (Å²) in [6, 6.07) is 9.90. The van der Waals surface area contributed by atoms with E-state index in [-0.39, 0.29) is 41.1 Å². The van der Waals surface area contributed by atoms with Crippen molar-refractivity contribution in [1.29, 1.82) is 0 Å². The van der Waals surface area contributed by atoms with E-state index in [9.17, 15) is 14.7 Å². The van der Waals surface area contributed by atoms with Gasteiger partial charge in [0.1, 0.15) is 5.66 Å². The van der Waals surface area contributed by atoms with Crippen molar-refractivity contribution >= 4 is 41.0 Å². The second-order valence-corrected chi connectivity index (χ2v) is 8.91. The van der Waals surface area contributed by atoms with Crippen LogP contribution in [0.25, 0.3) is 0 Å². The molecule has 33 heavy (non-hydrogen) atoms. The summed E-state index contributed by atoms with van der Waals surface area (Å²) in [4.78, 5) is 37.2. The summed E-state index contributed by atoms with van der Waals surface area (Å²) in [7, 11) is 0. The minimum absolute atomic E-state index is 0.0113. The third-order valence-electron chi connectivity index (χ3n) is 6.41. The van der Waals surface area contributed by atoms with E-state index in [1.54, 1.807) is 35.2 Å². The molecule has 3 aliphatic rings. The Morgan fingerprint density at radius 3 is 2.30 bits per heavy atom. The number of halogens is 1. The second kappa shape index (κ2) is 7.77. The number of hydrogen-bond acceptors (Lipinski definition) is 8. The molecule has 0 radical (unpaired) electrons. The number of aliphatic imine (C=N–C) groups is 2. The number of benzene rings is 2. The quantitative estimate of drug-likeness (QED) is 0.594. The molecule has 2 amide bonds. The Morgan fingerprint density at radius 2 is 1.67 bits per heavy atom. The van der Waals surface area contributed by atoms with Crippen molar-refractivity contribution in [3.8, 4) is 5.75 Å². The maximum atomic E-state index is 12.8. The number of anilines is 1. The van der Waals surface area contributed by atoms with E-state index in [4.69, 9.17) is 23.1 Å². The van der Waals surface area contributed by atoms with Crippen molar-refractivity contribution in [3.63, 3.8) is 0 Å². The minimum Gasteiger partial charge on any atom is -0.504 e. The average Bonchev–Trinajstić information content (AvgIpc) is 3.02. The highest BCUT2D eigenvalue weighted by Gasteiger charge is 2.44. The summed E-state index contributed by atoms with van der Waals surface area (Å²) in [5.41, 5.74) is 13.1. The van der Waals surface area contributed by atoms with E-state index in [2.05, 4.69) is 9.98 Å². The number of fused-ring (bicyclic) bond motifs is 1. The highest BCUT2D eigenvalue weighted by atomic mass is 35.5. The van der Waals surface area contributed by atoms with E-state index in [0.29, 0.717) is 35.2 Å². The molecular formula is C23H23ClN6O3. The molecule has 2 aromatic rings. The third kappa shape index (κ3) is 3.39. The third-order valence-corrected chi connectivity index (χ3v) is 6.70. The maximum absolute atomic E-state index is 12.8. The van der Waals surface area contributed by atoms with Gasteiger partial charge in [-0.05, 0) is 55.5 Å². The lowest BCUT2D eigenvalue weighted by molar-refractivity contribution is 0.0642. The molecule has 170 valence electrons. The predicted octanol–water partition coefficient (Wildman–Crippen LogP) is 2.95. The Kier molecular flexibility index (Phi) is 5.01. The Balaban J connectivity index is 1.54. The number of carbonyl (C=O) groups is 2. The van der Waals surface area contributed by atoms with E-state index >= 15 is 0 Å². The van der Waals surface area contributed by atoms with Crippen LogP contribution in [0.1, 0.15) is 58.4 Å². The van der Waals surface area contributed by atoms with Gasteiger partial charge in [0.25, 0.3) is 11.8 Å². The molecule has 0 bridgehead atoms. The molecule has 1 aliphatic carbocycles. The Bertz CT molecular complexity index is 1200. The van der Waals surface area contributed by atoms with Crippen LogP contribution < -0.4 is 16.4 Å². The fourth-order valence-corrected chi connectivity index (χ4v) is 5.17. The zero-order valence-electron chi connectivity index (χ0n) is 17.8. The van der Waals surface area contributed by atoms with Crippen LogP contribution in [0.3, 0.4) is 0 Å². The Morgan fingerprint density at radius 1 is 1.03 bits per heavy atom. The predicted molar refractivity (Wildman–Crippen MR) is 125 cm³/mol. The van der Waals surface area contributed by atoms with Crippen LogP contribution in [-0.2, 0) is 6.54 Å². The molecule has 1 fully saturated rings. The number of carbonyl (C=O) groups excluding carboxylic acids is 2.